The molecule has 25 heavy (non-hydrogen) atoms. The molecule has 1 saturated heterocycles. The highest BCUT2D eigenvalue weighted by atomic mass is 19.1. The maximum absolute atomic E-state index is 14.4. The van der Waals surface area contributed by atoms with E-state index in [4.69, 9.17) is 0 Å². The van der Waals surface area contributed by atoms with Crippen molar-refractivity contribution >= 4 is 11.6 Å². The highest BCUT2D eigenvalue weighted by Gasteiger charge is 2.19. The third kappa shape index (κ3) is 4.37. The normalized spacial score (nSPS) is 15.2. The molecule has 0 spiro atoms. The molecule has 1 amide bonds. The molecule has 2 N–H and O–H groups in total. The first-order chi connectivity index (χ1) is 12.2. The lowest BCUT2D eigenvalue weighted by atomic mass is 10.1. The number of benzene rings is 2. The molecule has 0 aliphatic carbocycles. The Hall–Kier alpha value is -2.40. The molecule has 1 heterocycles. The summed E-state index contributed by atoms with van der Waals surface area (Å²) in [6.07, 6.45) is 2.66. The zero-order valence-corrected chi connectivity index (χ0v) is 14.1. The van der Waals surface area contributed by atoms with Crippen molar-refractivity contribution in [3.05, 3.63) is 65.5 Å². The van der Waals surface area contributed by atoms with E-state index in [2.05, 4.69) is 5.32 Å². The Morgan fingerprint density at radius 2 is 1.88 bits per heavy atom. The van der Waals surface area contributed by atoms with Crippen LogP contribution in [0.15, 0.2) is 48.5 Å². The minimum Gasteiger partial charge on any atom is -0.394 e. The summed E-state index contributed by atoms with van der Waals surface area (Å²) in [6, 6.07) is 13.8. The van der Waals surface area contributed by atoms with Crippen LogP contribution >= 0.6 is 0 Å². The first-order valence-corrected chi connectivity index (χ1v) is 8.67. The van der Waals surface area contributed by atoms with Gasteiger partial charge < -0.3 is 15.3 Å². The largest absolute Gasteiger partial charge is 0.394 e. The van der Waals surface area contributed by atoms with Crippen LogP contribution < -0.4 is 10.2 Å². The van der Waals surface area contributed by atoms with E-state index in [1.54, 1.807) is 12.1 Å². The molecule has 0 radical (unpaired) electrons. The van der Waals surface area contributed by atoms with Crippen LogP contribution in [-0.2, 0) is 6.42 Å². The van der Waals surface area contributed by atoms with Gasteiger partial charge in [0.2, 0.25) is 0 Å². The van der Waals surface area contributed by atoms with Crippen LogP contribution in [0.5, 0.6) is 0 Å². The van der Waals surface area contributed by atoms with Gasteiger partial charge in [0.05, 0.1) is 18.3 Å². The number of nitrogens with one attached hydrogen (secondary N) is 1. The van der Waals surface area contributed by atoms with Gasteiger partial charge in [-0.15, -0.1) is 0 Å². The smallest absolute Gasteiger partial charge is 0.251 e. The Kier molecular flexibility index (Phi) is 5.66. The van der Waals surface area contributed by atoms with Crippen molar-refractivity contribution in [2.45, 2.75) is 25.3 Å². The summed E-state index contributed by atoms with van der Waals surface area (Å²) >= 11 is 0. The SMILES string of the molecule is O=C(NC(CO)Cc1ccccc1)c1ccc(N2CCCC2)c(F)c1. The van der Waals surface area contributed by atoms with Gasteiger partial charge in [-0.25, -0.2) is 4.39 Å². The van der Waals surface area contributed by atoms with Crippen molar-refractivity contribution in [2.24, 2.45) is 0 Å². The molecule has 132 valence electrons. The van der Waals surface area contributed by atoms with Crippen LogP contribution in [-0.4, -0.2) is 36.8 Å². The van der Waals surface area contributed by atoms with Crippen molar-refractivity contribution in [1.29, 1.82) is 0 Å². The minimum atomic E-state index is -0.406. The number of amides is 1. The van der Waals surface area contributed by atoms with Gasteiger partial charge in [-0.2, -0.15) is 0 Å². The molecular weight excluding hydrogens is 319 g/mol. The Morgan fingerprint density at radius 1 is 1.16 bits per heavy atom. The maximum atomic E-state index is 14.4. The third-order valence-corrected chi connectivity index (χ3v) is 4.54. The Bertz CT molecular complexity index is 715. The first-order valence-electron chi connectivity index (χ1n) is 8.67. The fourth-order valence-electron chi connectivity index (χ4n) is 3.19. The summed E-state index contributed by atoms with van der Waals surface area (Å²) in [5, 5.41) is 12.3. The molecule has 0 saturated carbocycles. The van der Waals surface area contributed by atoms with Gasteiger partial charge >= 0.3 is 0 Å². The molecule has 1 aliphatic heterocycles. The average Bonchev–Trinajstić information content (AvgIpc) is 3.16. The van der Waals surface area contributed by atoms with Crippen molar-refractivity contribution in [1.82, 2.24) is 5.32 Å². The van der Waals surface area contributed by atoms with E-state index in [1.165, 1.54) is 6.07 Å². The summed E-state index contributed by atoms with van der Waals surface area (Å²) in [5.41, 5.74) is 1.85. The van der Waals surface area contributed by atoms with Crippen molar-refractivity contribution in [3.63, 3.8) is 0 Å². The van der Waals surface area contributed by atoms with Crippen LogP contribution in [0, 0.1) is 5.82 Å². The van der Waals surface area contributed by atoms with Gasteiger partial charge in [0.1, 0.15) is 5.82 Å². The fourth-order valence-corrected chi connectivity index (χ4v) is 3.19. The van der Waals surface area contributed by atoms with Gasteiger partial charge in [0, 0.05) is 18.7 Å². The van der Waals surface area contributed by atoms with E-state index < -0.39 is 6.04 Å². The predicted octanol–water partition coefficient (Wildman–Crippen LogP) is 2.76. The van der Waals surface area contributed by atoms with Crippen molar-refractivity contribution in [2.75, 3.05) is 24.6 Å². The standard InChI is InChI=1S/C20H23FN2O2/c21-18-13-16(8-9-19(18)23-10-4-5-11-23)20(25)22-17(14-24)12-15-6-2-1-3-7-15/h1-3,6-9,13,17,24H,4-5,10-12,14H2,(H,22,25). The molecule has 1 unspecified atom stereocenters. The van der Waals surface area contributed by atoms with E-state index in [-0.39, 0.29) is 23.9 Å². The Balaban J connectivity index is 1.66. The van der Waals surface area contributed by atoms with Crippen molar-refractivity contribution in [3.8, 4) is 0 Å². The summed E-state index contributed by atoms with van der Waals surface area (Å²) in [7, 11) is 0. The van der Waals surface area contributed by atoms with Crippen LogP contribution in [0.2, 0.25) is 0 Å². The number of nitrogens with zero attached hydrogens (tertiary/aromatic N) is 1. The number of carbonyl (C=O) groups excluding carboxylic acids is 1. The summed E-state index contributed by atoms with van der Waals surface area (Å²) in [4.78, 5) is 14.4. The number of aliphatic hydroxyl groups excluding tert-OH is 1. The van der Waals surface area contributed by atoms with Crippen LogP contribution in [0.4, 0.5) is 10.1 Å². The topological polar surface area (TPSA) is 52.6 Å². The summed E-state index contributed by atoms with van der Waals surface area (Å²) in [5.74, 6) is -0.750. The van der Waals surface area contributed by atoms with Gasteiger partial charge in [0.25, 0.3) is 5.91 Å². The lowest BCUT2D eigenvalue weighted by molar-refractivity contribution is 0.0916. The molecule has 2 aromatic carbocycles. The van der Waals surface area contributed by atoms with E-state index in [9.17, 15) is 14.3 Å². The molecule has 3 rings (SSSR count). The molecule has 4 nitrogen and oxygen atoms in total. The average molecular weight is 342 g/mol. The number of rotatable bonds is 6. The second kappa shape index (κ2) is 8.12. The summed E-state index contributed by atoms with van der Waals surface area (Å²) in [6.45, 7) is 1.53. The zero-order chi connectivity index (χ0) is 17.6. The number of carbonyl (C=O) groups is 1. The maximum Gasteiger partial charge on any atom is 0.251 e. The van der Waals surface area contributed by atoms with Crippen molar-refractivity contribution < 1.29 is 14.3 Å². The van der Waals surface area contributed by atoms with Gasteiger partial charge in [0.15, 0.2) is 0 Å². The Morgan fingerprint density at radius 3 is 2.52 bits per heavy atom. The third-order valence-electron chi connectivity index (χ3n) is 4.54. The molecule has 1 atom stereocenters. The van der Waals surface area contributed by atoms with E-state index >= 15 is 0 Å². The lowest BCUT2D eigenvalue weighted by Crippen LogP contribution is -2.39. The monoisotopic (exact) mass is 342 g/mol. The Labute approximate surface area is 147 Å². The van der Waals surface area contributed by atoms with Crippen LogP contribution in [0.3, 0.4) is 0 Å². The fraction of sp³-hybridized carbons (Fsp3) is 0.350. The van der Waals surface area contributed by atoms with Crippen LogP contribution in [0.1, 0.15) is 28.8 Å². The highest BCUT2D eigenvalue weighted by molar-refractivity contribution is 5.94. The number of anilines is 1. The summed E-state index contributed by atoms with van der Waals surface area (Å²) < 4.78 is 14.4. The second-order valence-electron chi connectivity index (χ2n) is 6.40. The molecule has 0 aromatic heterocycles. The number of halogens is 1. The number of aliphatic hydroxyl groups is 1. The predicted molar refractivity (Wildman–Crippen MR) is 96.3 cm³/mol. The highest BCUT2D eigenvalue weighted by Crippen LogP contribution is 2.24. The van der Waals surface area contributed by atoms with E-state index in [1.807, 2.05) is 35.2 Å². The quantitative estimate of drug-likeness (QED) is 0.849. The molecule has 0 bridgehead atoms. The van der Waals surface area contributed by atoms with Crippen LogP contribution in [0.25, 0.3) is 0 Å². The second-order valence-corrected chi connectivity index (χ2v) is 6.40. The zero-order valence-electron chi connectivity index (χ0n) is 14.1. The lowest BCUT2D eigenvalue weighted by Gasteiger charge is -2.19. The van der Waals surface area contributed by atoms with Gasteiger partial charge in [-0.05, 0) is 43.0 Å². The number of hydrogen-bond donors (Lipinski definition) is 2. The number of hydrogen-bond acceptors (Lipinski definition) is 3. The molecule has 5 heteroatoms. The minimum absolute atomic E-state index is 0.172. The van der Waals surface area contributed by atoms with E-state index in [0.29, 0.717) is 12.1 Å². The molecule has 2 aromatic rings. The molecule has 1 aliphatic rings. The first kappa shape index (κ1) is 17.4. The van der Waals surface area contributed by atoms with Gasteiger partial charge in [-0.3, -0.25) is 4.79 Å². The molecule has 1 fully saturated rings. The van der Waals surface area contributed by atoms with E-state index in [0.717, 1.165) is 31.5 Å². The molecular formula is C20H23FN2O2. The van der Waals surface area contributed by atoms with Gasteiger partial charge in [-0.1, -0.05) is 30.3 Å².